The largest absolute Gasteiger partial charge is 0.388 e. The number of amides is 5. The van der Waals surface area contributed by atoms with Crippen LogP contribution in [0.5, 0.6) is 0 Å². The number of likely N-dealkylation sites (tertiary alicyclic amines) is 1. The van der Waals surface area contributed by atoms with Gasteiger partial charge in [-0.05, 0) is 68.5 Å². The van der Waals surface area contributed by atoms with Crippen molar-refractivity contribution < 1.29 is 78.1 Å². The van der Waals surface area contributed by atoms with Crippen molar-refractivity contribution in [1.82, 2.24) is 15.5 Å². The number of aliphatic hydroxyl groups is 6. The zero-order valence-corrected chi connectivity index (χ0v) is 42.7. The van der Waals surface area contributed by atoms with Crippen LogP contribution in [0.15, 0.2) is 60.3 Å². The first-order chi connectivity index (χ1) is 34.6. The second kappa shape index (κ2) is 23.1. The van der Waals surface area contributed by atoms with Crippen LogP contribution < -0.4 is 15.5 Å². The van der Waals surface area contributed by atoms with E-state index in [0.717, 1.165) is 49.9 Å². The molecule has 5 aliphatic heterocycles. The lowest BCUT2D eigenvalue weighted by Crippen LogP contribution is -2.60. The van der Waals surface area contributed by atoms with Gasteiger partial charge in [-0.15, -0.1) is 0 Å². The molecule has 10 atom stereocenters. The Morgan fingerprint density at radius 3 is 1.79 bits per heavy atom. The molecular formula is C53H72N5O15+. The highest BCUT2D eigenvalue weighted by Crippen LogP contribution is 2.48. The third-order valence-electron chi connectivity index (χ3n) is 14.8. The van der Waals surface area contributed by atoms with Gasteiger partial charge in [0.15, 0.2) is 18.3 Å². The Bertz CT molecular complexity index is 2490. The number of hydrogen-bond donors (Lipinski definition) is 8. The highest BCUT2D eigenvalue weighted by molar-refractivity contribution is 6.15. The Hall–Kier alpha value is -5.26. The van der Waals surface area contributed by atoms with E-state index in [4.69, 9.17) is 18.9 Å². The lowest BCUT2D eigenvalue weighted by Gasteiger charge is -2.39. The van der Waals surface area contributed by atoms with E-state index >= 15 is 0 Å². The summed E-state index contributed by atoms with van der Waals surface area (Å²) in [6.45, 7) is 11.6. The van der Waals surface area contributed by atoms with Crippen LogP contribution in [0.1, 0.15) is 95.4 Å². The molecule has 0 unspecified atom stereocenters. The number of aliphatic hydroxyl groups excluding tert-OH is 6. The number of unbranched alkanes of at least 4 members (excludes halogenated alkanes) is 2. The molecule has 7 rings (SSSR count). The molecule has 0 spiro atoms. The monoisotopic (exact) mass is 1020 g/mol. The molecule has 0 bridgehead atoms. The van der Waals surface area contributed by atoms with E-state index in [1.54, 1.807) is 0 Å². The number of nitrogens with one attached hydrogen (secondary N) is 2. The molecule has 73 heavy (non-hydrogen) atoms. The molecule has 2 aromatic rings. The lowest BCUT2D eigenvalue weighted by molar-refractivity contribution is -0.438. The second-order valence-electron chi connectivity index (χ2n) is 20.4. The molecule has 0 radical (unpaired) electrons. The van der Waals surface area contributed by atoms with Crippen molar-refractivity contribution in [3.8, 4) is 0 Å². The number of methoxy groups -OCH3 is 2. The smallest absolute Gasteiger partial charge is 0.236 e. The Morgan fingerprint density at radius 1 is 0.726 bits per heavy atom. The van der Waals surface area contributed by atoms with Crippen LogP contribution in [0.3, 0.4) is 0 Å². The predicted molar refractivity (Wildman–Crippen MR) is 264 cm³/mol. The molecular weight excluding hydrogens is 947 g/mol. The van der Waals surface area contributed by atoms with Crippen molar-refractivity contribution in [3.05, 3.63) is 82.6 Å². The van der Waals surface area contributed by atoms with Gasteiger partial charge in [-0.3, -0.25) is 24.0 Å². The number of nitrogens with zero attached hydrogens (tertiary/aromatic N) is 3. The van der Waals surface area contributed by atoms with Gasteiger partial charge in [0.1, 0.15) is 55.4 Å². The minimum atomic E-state index is -1.52. The van der Waals surface area contributed by atoms with E-state index in [1.807, 2.05) is 42.5 Å². The first-order valence-electron chi connectivity index (χ1n) is 25.1. The number of carbonyl (C=O) groups is 5. The number of anilines is 1. The fourth-order valence-electron chi connectivity index (χ4n) is 10.7. The molecule has 20 nitrogen and oxygen atoms in total. The van der Waals surface area contributed by atoms with Crippen molar-refractivity contribution in [3.63, 3.8) is 0 Å². The van der Waals surface area contributed by atoms with Crippen LogP contribution in [0.4, 0.5) is 11.4 Å². The summed E-state index contributed by atoms with van der Waals surface area (Å²) in [6, 6.07) is 11.9. The molecule has 0 aliphatic carbocycles. The summed E-state index contributed by atoms with van der Waals surface area (Å²) in [5.74, 6) is -2.02. The summed E-state index contributed by atoms with van der Waals surface area (Å²) < 4.78 is 23.6. The molecule has 0 saturated carbocycles. The number of fused-ring (bicyclic) bond motifs is 2. The summed E-state index contributed by atoms with van der Waals surface area (Å²) in [6.07, 6.45) is -4.75. The van der Waals surface area contributed by atoms with Gasteiger partial charge < -0.3 is 65.1 Å². The topological polar surface area (TPSA) is 277 Å². The van der Waals surface area contributed by atoms with Gasteiger partial charge in [-0.25, -0.2) is 4.90 Å². The Morgan fingerprint density at radius 2 is 1.26 bits per heavy atom. The molecule has 3 saturated heterocycles. The van der Waals surface area contributed by atoms with Gasteiger partial charge in [-0.2, -0.15) is 4.58 Å². The Kier molecular flexibility index (Phi) is 17.6. The number of imide groups is 3. The minimum Gasteiger partial charge on any atom is -0.388 e. The first kappa shape index (κ1) is 55.5. The van der Waals surface area contributed by atoms with Crippen molar-refractivity contribution in [2.45, 2.75) is 158 Å². The van der Waals surface area contributed by atoms with Crippen LogP contribution >= 0.6 is 0 Å². The molecule has 5 heterocycles. The standard InChI is InChI=1S/C53H71N5O15/c1-8-56-33-18-16-29(25-39(59)54-27-35-44(64)46(66)48(68)50(70-6)72-35)23-31(33)52(2,3)37(56)13-12-14-38-53(4,5)32-24-30(26-40(60)55-28-36-45(65)47(67)49(69)51(71-7)73-36)17-19-34(32)57(38)22-11-9-10-15-41(61)58-42(62)20-21-43(58)63/h12-14,16-19,23-24,35-36,44-51,64-69H,8-11,15,20-22,25-28H2,1-7H3,(H-,54,55,59,60)/p+1/t35-,36-,44-,45-,46+,47+,48-,49-,50+,51+/m1/s1. The maximum Gasteiger partial charge on any atom is 0.236 e. The normalized spacial score (nSPS) is 29.1. The van der Waals surface area contributed by atoms with E-state index < -0.39 is 90.0 Å². The van der Waals surface area contributed by atoms with Gasteiger partial charge in [0.25, 0.3) is 0 Å². The number of carbonyl (C=O) groups excluding carboxylic acids is 5. The third kappa shape index (κ3) is 11.5. The van der Waals surface area contributed by atoms with Gasteiger partial charge in [0.2, 0.25) is 35.2 Å². The maximum atomic E-state index is 13.3. The van der Waals surface area contributed by atoms with Gasteiger partial charge in [-0.1, -0.05) is 38.1 Å². The summed E-state index contributed by atoms with van der Waals surface area (Å²) >= 11 is 0. The predicted octanol–water partition coefficient (Wildman–Crippen LogP) is 0.782. The second-order valence-corrected chi connectivity index (χ2v) is 20.4. The average Bonchev–Trinajstić information content (AvgIpc) is 3.89. The number of benzene rings is 2. The van der Waals surface area contributed by atoms with Crippen LogP contribution in [0, 0.1) is 0 Å². The molecule has 20 heteroatoms. The van der Waals surface area contributed by atoms with E-state index in [0.29, 0.717) is 32.4 Å². The van der Waals surface area contributed by atoms with Crippen LogP contribution in [-0.2, 0) is 66.6 Å². The number of allylic oxidation sites excluding steroid dienone is 4. The van der Waals surface area contributed by atoms with Gasteiger partial charge in [0, 0.05) is 94.0 Å². The summed E-state index contributed by atoms with van der Waals surface area (Å²) in [7, 11) is 2.61. The van der Waals surface area contributed by atoms with Gasteiger partial charge in [0.05, 0.1) is 18.3 Å². The number of likely N-dealkylation sites (N-methyl/N-ethyl adjacent to an activating group) is 1. The van der Waals surface area contributed by atoms with Crippen molar-refractivity contribution >= 4 is 46.6 Å². The third-order valence-corrected chi connectivity index (χ3v) is 14.8. The first-order valence-corrected chi connectivity index (χ1v) is 25.1. The Labute approximate surface area is 425 Å². The van der Waals surface area contributed by atoms with Crippen molar-refractivity contribution in [2.75, 3.05) is 45.3 Å². The molecule has 8 N–H and O–H groups in total. The van der Waals surface area contributed by atoms with Crippen molar-refractivity contribution in [2.24, 2.45) is 0 Å². The maximum absolute atomic E-state index is 13.3. The van der Waals surface area contributed by atoms with E-state index in [1.165, 1.54) is 14.2 Å². The molecule has 398 valence electrons. The van der Waals surface area contributed by atoms with E-state index in [2.05, 4.69) is 66.9 Å². The highest BCUT2D eigenvalue weighted by Gasteiger charge is 2.47. The summed E-state index contributed by atoms with van der Waals surface area (Å²) in [5, 5.41) is 67.3. The van der Waals surface area contributed by atoms with Crippen LogP contribution in [0.25, 0.3) is 0 Å². The molecule has 5 aliphatic rings. The van der Waals surface area contributed by atoms with E-state index in [-0.39, 0.29) is 57.0 Å². The number of hydrogen-bond acceptors (Lipinski definition) is 16. The number of rotatable bonds is 19. The minimum absolute atomic E-state index is 0.0128. The van der Waals surface area contributed by atoms with Crippen LogP contribution in [-0.4, -0.2) is 177 Å². The quantitative estimate of drug-likeness (QED) is 0.0549. The average molecular weight is 1020 g/mol. The van der Waals surface area contributed by atoms with E-state index in [9.17, 15) is 54.6 Å². The molecule has 3 fully saturated rings. The SMILES string of the molecule is CCN1/C(=C\C=C\C2=[N+](CCCCCC(=O)N3C(=O)CCC3=O)c3ccc(CC(=O)NC[C@H]4O[C@H](OC)[C@H](O)[C@@H](O)[C@@H]4O)cc3C2(C)C)C(C)(C)c2cc(CC(=O)NC[C@H]3O[C@H](OC)[C@H](O)[C@@H](O)[C@@H]3O)ccc21. The molecule has 5 amide bonds. The van der Waals surface area contributed by atoms with Gasteiger partial charge >= 0.3 is 0 Å². The molecule has 0 aromatic heterocycles. The Balaban J connectivity index is 1.07. The zero-order chi connectivity index (χ0) is 53.1. The highest BCUT2D eigenvalue weighted by atomic mass is 16.7. The lowest BCUT2D eigenvalue weighted by atomic mass is 9.80. The fraction of sp³-hybridized carbons (Fsp3) is 0.585. The summed E-state index contributed by atoms with van der Waals surface area (Å²) in [4.78, 5) is 66.7. The molecule has 2 aromatic carbocycles. The zero-order valence-electron chi connectivity index (χ0n) is 42.7. The van der Waals surface area contributed by atoms with Crippen LogP contribution in [0.2, 0.25) is 0 Å². The fourth-order valence-corrected chi connectivity index (χ4v) is 10.7. The summed E-state index contributed by atoms with van der Waals surface area (Å²) in [5.41, 5.74) is 6.56. The number of ether oxygens (including phenoxy) is 4. The van der Waals surface area contributed by atoms with Crippen molar-refractivity contribution in [1.29, 1.82) is 0 Å².